The molecule has 3 heteroatoms. The molecule has 2 atom stereocenters. The van der Waals surface area contributed by atoms with Crippen LogP contribution in [0.4, 0.5) is 0 Å². The molecule has 2 heterocycles. The SMILES string of the molecule is CC1CN(CC2CCNC2)CCN1C. The first kappa shape index (κ1) is 10.4. The van der Waals surface area contributed by atoms with Crippen LogP contribution in [0.15, 0.2) is 0 Å². The summed E-state index contributed by atoms with van der Waals surface area (Å²) < 4.78 is 0. The van der Waals surface area contributed by atoms with E-state index in [9.17, 15) is 0 Å². The predicted molar refractivity (Wildman–Crippen MR) is 59.5 cm³/mol. The van der Waals surface area contributed by atoms with E-state index in [0.29, 0.717) is 0 Å². The zero-order chi connectivity index (χ0) is 9.97. The van der Waals surface area contributed by atoms with Gasteiger partial charge in [0.15, 0.2) is 0 Å². The number of likely N-dealkylation sites (N-methyl/N-ethyl adjacent to an activating group) is 1. The molecular formula is C11H23N3. The molecule has 0 radical (unpaired) electrons. The molecule has 2 saturated heterocycles. The maximum atomic E-state index is 3.44. The van der Waals surface area contributed by atoms with Crippen molar-refractivity contribution in [1.82, 2.24) is 15.1 Å². The Kier molecular flexibility index (Phi) is 3.42. The van der Waals surface area contributed by atoms with Crippen molar-refractivity contribution in [2.45, 2.75) is 19.4 Å². The quantitative estimate of drug-likeness (QED) is 0.684. The van der Waals surface area contributed by atoms with Gasteiger partial charge in [-0.25, -0.2) is 0 Å². The Morgan fingerprint density at radius 1 is 1.36 bits per heavy atom. The Hall–Kier alpha value is -0.120. The summed E-state index contributed by atoms with van der Waals surface area (Å²) in [6, 6.07) is 0.734. The highest BCUT2D eigenvalue weighted by Crippen LogP contribution is 2.13. The topological polar surface area (TPSA) is 18.5 Å². The smallest absolute Gasteiger partial charge is 0.0192 e. The standard InChI is InChI=1S/C11H23N3/c1-10-8-14(6-5-13(10)2)9-11-3-4-12-7-11/h10-12H,3-9H2,1-2H3. The first-order chi connectivity index (χ1) is 6.75. The second-order valence-corrected chi connectivity index (χ2v) is 4.95. The molecule has 0 aromatic heterocycles. The highest BCUT2D eigenvalue weighted by atomic mass is 15.3. The molecule has 0 saturated carbocycles. The van der Waals surface area contributed by atoms with Gasteiger partial charge in [0.25, 0.3) is 0 Å². The fourth-order valence-corrected chi connectivity index (χ4v) is 2.53. The average molecular weight is 197 g/mol. The summed E-state index contributed by atoms with van der Waals surface area (Å²) in [5.74, 6) is 0.908. The Bertz CT molecular complexity index is 177. The van der Waals surface area contributed by atoms with Gasteiger partial charge in [-0.05, 0) is 39.4 Å². The van der Waals surface area contributed by atoms with Crippen LogP contribution in [0.5, 0.6) is 0 Å². The van der Waals surface area contributed by atoms with Crippen LogP contribution in [-0.2, 0) is 0 Å². The lowest BCUT2D eigenvalue weighted by molar-refractivity contribution is 0.0944. The van der Waals surface area contributed by atoms with Crippen LogP contribution < -0.4 is 5.32 Å². The summed E-state index contributed by atoms with van der Waals surface area (Å²) in [5.41, 5.74) is 0. The number of hydrogen-bond donors (Lipinski definition) is 1. The molecule has 2 aliphatic rings. The van der Waals surface area contributed by atoms with Gasteiger partial charge < -0.3 is 15.1 Å². The number of nitrogens with zero attached hydrogens (tertiary/aromatic N) is 2. The lowest BCUT2D eigenvalue weighted by Gasteiger charge is -2.38. The molecule has 2 aliphatic heterocycles. The summed E-state index contributed by atoms with van der Waals surface area (Å²) in [6.07, 6.45) is 1.38. The maximum absolute atomic E-state index is 3.44. The third-order valence-corrected chi connectivity index (χ3v) is 3.72. The normalized spacial score (nSPS) is 36.4. The molecule has 2 rings (SSSR count). The van der Waals surface area contributed by atoms with Crippen LogP contribution in [0.2, 0.25) is 0 Å². The second-order valence-electron chi connectivity index (χ2n) is 4.95. The zero-order valence-electron chi connectivity index (χ0n) is 9.50. The molecule has 0 amide bonds. The monoisotopic (exact) mass is 197 g/mol. The van der Waals surface area contributed by atoms with Crippen LogP contribution in [0, 0.1) is 5.92 Å². The average Bonchev–Trinajstić information content (AvgIpc) is 2.64. The van der Waals surface area contributed by atoms with Crippen LogP contribution in [-0.4, -0.2) is 62.2 Å². The van der Waals surface area contributed by atoms with Crippen LogP contribution in [0.1, 0.15) is 13.3 Å². The van der Waals surface area contributed by atoms with Gasteiger partial charge in [-0.1, -0.05) is 0 Å². The largest absolute Gasteiger partial charge is 0.316 e. The minimum absolute atomic E-state index is 0.734. The summed E-state index contributed by atoms with van der Waals surface area (Å²) in [4.78, 5) is 5.10. The van der Waals surface area contributed by atoms with Crippen molar-refractivity contribution in [3.63, 3.8) is 0 Å². The van der Waals surface area contributed by atoms with Crippen molar-refractivity contribution in [3.8, 4) is 0 Å². The lowest BCUT2D eigenvalue weighted by atomic mass is 10.1. The van der Waals surface area contributed by atoms with Gasteiger partial charge >= 0.3 is 0 Å². The highest BCUT2D eigenvalue weighted by Gasteiger charge is 2.24. The molecule has 0 aliphatic carbocycles. The van der Waals surface area contributed by atoms with E-state index in [1.165, 1.54) is 45.7 Å². The summed E-state index contributed by atoms with van der Waals surface area (Å²) in [6.45, 7) is 9.87. The zero-order valence-corrected chi connectivity index (χ0v) is 9.50. The van der Waals surface area contributed by atoms with Gasteiger partial charge in [0.1, 0.15) is 0 Å². The number of rotatable bonds is 2. The lowest BCUT2D eigenvalue weighted by Crippen LogP contribution is -2.51. The fourth-order valence-electron chi connectivity index (χ4n) is 2.53. The number of piperazine rings is 1. The van der Waals surface area contributed by atoms with E-state index in [0.717, 1.165) is 12.0 Å². The molecule has 0 aromatic rings. The van der Waals surface area contributed by atoms with Crippen molar-refractivity contribution >= 4 is 0 Å². The Morgan fingerprint density at radius 3 is 2.86 bits per heavy atom. The second kappa shape index (κ2) is 4.60. The van der Waals surface area contributed by atoms with E-state index in [1.54, 1.807) is 0 Å². The van der Waals surface area contributed by atoms with Gasteiger partial charge in [-0.2, -0.15) is 0 Å². The van der Waals surface area contributed by atoms with Crippen LogP contribution >= 0.6 is 0 Å². The molecule has 1 N–H and O–H groups in total. The van der Waals surface area contributed by atoms with E-state index in [-0.39, 0.29) is 0 Å². The number of nitrogens with one attached hydrogen (secondary N) is 1. The molecule has 2 unspecified atom stereocenters. The van der Waals surface area contributed by atoms with E-state index < -0.39 is 0 Å². The van der Waals surface area contributed by atoms with Crippen molar-refractivity contribution in [2.75, 3.05) is 46.3 Å². The molecule has 2 fully saturated rings. The van der Waals surface area contributed by atoms with Crippen LogP contribution in [0.3, 0.4) is 0 Å². The first-order valence-electron chi connectivity index (χ1n) is 5.89. The third-order valence-electron chi connectivity index (χ3n) is 3.72. The van der Waals surface area contributed by atoms with Gasteiger partial charge in [0.05, 0.1) is 0 Å². The Balaban J connectivity index is 1.75. The van der Waals surface area contributed by atoms with Crippen molar-refractivity contribution in [3.05, 3.63) is 0 Å². The van der Waals surface area contributed by atoms with Gasteiger partial charge in [0, 0.05) is 32.2 Å². The molecular weight excluding hydrogens is 174 g/mol. The molecule has 0 aromatic carbocycles. The van der Waals surface area contributed by atoms with E-state index in [2.05, 4.69) is 29.1 Å². The van der Waals surface area contributed by atoms with Gasteiger partial charge in [0.2, 0.25) is 0 Å². The molecule has 14 heavy (non-hydrogen) atoms. The van der Waals surface area contributed by atoms with E-state index in [1.807, 2.05) is 0 Å². The molecule has 0 spiro atoms. The molecule has 0 bridgehead atoms. The van der Waals surface area contributed by atoms with Crippen molar-refractivity contribution < 1.29 is 0 Å². The number of hydrogen-bond acceptors (Lipinski definition) is 3. The first-order valence-corrected chi connectivity index (χ1v) is 5.89. The predicted octanol–water partition coefficient (Wildman–Crippen LogP) is 0.232. The Morgan fingerprint density at radius 2 is 2.21 bits per heavy atom. The third kappa shape index (κ3) is 2.47. The van der Waals surface area contributed by atoms with Gasteiger partial charge in [-0.3, -0.25) is 0 Å². The maximum Gasteiger partial charge on any atom is 0.0192 e. The van der Waals surface area contributed by atoms with Crippen LogP contribution in [0.25, 0.3) is 0 Å². The Labute approximate surface area is 87.4 Å². The van der Waals surface area contributed by atoms with Crippen molar-refractivity contribution in [1.29, 1.82) is 0 Å². The van der Waals surface area contributed by atoms with E-state index in [4.69, 9.17) is 0 Å². The molecule has 3 nitrogen and oxygen atoms in total. The molecule has 82 valence electrons. The minimum Gasteiger partial charge on any atom is -0.316 e. The summed E-state index contributed by atoms with van der Waals surface area (Å²) >= 11 is 0. The highest BCUT2D eigenvalue weighted by molar-refractivity contribution is 4.81. The summed E-state index contributed by atoms with van der Waals surface area (Å²) in [7, 11) is 2.24. The fraction of sp³-hybridized carbons (Fsp3) is 1.00. The van der Waals surface area contributed by atoms with E-state index >= 15 is 0 Å². The van der Waals surface area contributed by atoms with Gasteiger partial charge in [-0.15, -0.1) is 0 Å². The summed E-state index contributed by atoms with van der Waals surface area (Å²) in [5, 5.41) is 3.44. The van der Waals surface area contributed by atoms with Crippen molar-refractivity contribution in [2.24, 2.45) is 5.92 Å². The minimum atomic E-state index is 0.734.